The van der Waals surface area contributed by atoms with Crippen LogP contribution in [0.5, 0.6) is 11.5 Å². The lowest BCUT2D eigenvalue weighted by Gasteiger charge is -2.12. The summed E-state index contributed by atoms with van der Waals surface area (Å²) in [6, 6.07) is 13.1. The molecular formula is C15H10BrClN2O. The summed E-state index contributed by atoms with van der Waals surface area (Å²) in [4.78, 5) is 4.27. The number of ether oxygens (including phenoxy) is 1. The van der Waals surface area contributed by atoms with Crippen molar-refractivity contribution >= 4 is 44.1 Å². The lowest BCUT2D eigenvalue weighted by Crippen LogP contribution is -1.95. The molecule has 2 aromatic carbocycles. The van der Waals surface area contributed by atoms with Gasteiger partial charge in [-0.15, -0.1) is 0 Å². The Kier molecular flexibility index (Phi) is 3.51. The molecule has 0 fully saturated rings. The van der Waals surface area contributed by atoms with Crippen molar-refractivity contribution in [1.29, 1.82) is 0 Å². The molecule has 3 aromatic rings. The van der Waals surface area contributed by atoms with Gasteiger partial charge < -0.3 is 10.5 Å². The van der Waals surface area contributed by atoms with Crippen LogP contribution in [0.1, 0.15) is 0 Å². The summed E-state index contributed by atoms with van der Waals surface area (Å²) in [5, 5.41) is 1.37. The fourth-order valence-electron chi connectivity index (χ4n) is 1.91. The van der Waals surface area contributed by atoms with Crippen LogP contribution in [-0.2, 0) is 0 Å². The number of rotatable bonds is 2. The lowest BCUT2D eigenvalue weighted by atomic mass is 10.2. The van der Waals surface area contributed by atoms with Crippen molar-refractivity contribution in [3.63, 3.8) is 0 Å². The Labute approximate surface area is 129 Å². The minimum atomic E-state index is 0.475. The van der Waals surface area contributed by atoms with Gasteiger partial charge in [0.2, 0.25) is 0 Å². The minimum Gasteiger partial charge on any atom is -0.453 e. The van der Waals surface area contributed by atoms with Crippen molar-refractivity contribution in [2.45, 2.75) is 0 Å². The molecule has 0 radical (unpaired) electrons. The molecule has 3 nitrogen and oxygen atoms in total. The Morgan fingerprint density at radius 3 is 2.75 bits per heavy atom. The average molecular weight is 350 g/mol. The highest BCUT2D eigenvalue weighted by atomic mass is 79.9. The first-order valence-corrected chi connectivity index (χ1v) is 7.08. The second kappa shape index (κ2) is 5.31. The van der Waals surface area contributed by atoms with Crippen LogP contribution in [0.3, 0.4) is 0 Å². The second-order valence-electron chi connectivity index (χ2n) is 4.24. The molecule has 20 heavy (non-hydrogen) atoms. The molecule has 0 saturated heterocycles. The summed E-state index contributed by atoms with van der Waals surface area (Å²) >= 11 is 9.53. The molecular weight excluding hydrogens is 340 g/mol. The Balaban J connectivity index is 2.12. The summed E-state index contributed by atoms with van der Waals surface area (Å²) in [5.74, 6) is 1.12. The Hall–Kier alpha value is -1.78. The maximum Gasteiger partial charge on any atom is 0.161 e. The number of nitrogens with zero attached hydrogens (tertiary/aromatic N) is 1. The Morgan fingerprint density at radius 1 is 1.15 bits per heavy atom. The van der Waals surface area contributed by atoms with E-state index < -0.39 is 0 Å². The molecule has 0 bridgehead atoms. The highest BCUT2D eigenvalue weighted by molar-refractivity contribution is 9.10. The number of halogens is 2. The summed E-state index contributed by atoms with van der Waals surface area (Å²) in [7, 11) is 0. The van der Waals surface area contributed by atoms with Crippen LogP contribution < -0.4 is 10.5 Å². The topological polar surface area (TPSA) is 48.1 Å². The van der Waals surface area contributed by atoms with E-state index in [4.69, 9.17) is 22.1 Å². The second-order valence-corrected chi connectivity index (χ2v) is 5.56. The zero-order valence-electron chi connectivity index (χ0n) is 10.3. The lowest BCUT2D eigenvalue weighted by molar-refractivity contribution is 0.490. The summed E-state index contributed by atoms with van der Waals surface area (Å²) in [6.45, 7) is 0. The quantitative estimate of drug-likeness (QED) is 0.706. The minimum absolute atomic E-state index is 0.475. The number of aromatic nitrogens is 1. The molecule has 3 rings (SSSR count). The fraction of sp³-hybridized carbons (Fsp3) is 0. The fourth-order valence-corrected chi connectivity index (χ4v) is 2.63. The van der Waals surface area contributed by atoms with Gasteiger partial charge in [0.1, 0.15) is 5.75 Å². The first-order chi connectivity index (χ1) is 9.65. The van der Waals surface area contributed by atoms with Gasteiger partial charge in [0.15, 0.2) is 5.75 Å². The van der Waals surface area contributed by atoms with E-state index in [1.54, 1.807) is 18.3 Å². The van der Waals surface area contributed by atoms with Gasteiger partial charge in [0, 0.05) is 9.86 Å². The molecule has 0 unspecified atom stereocenters. The molecule has 1 heterocycles. The summed E-state index contributed by atoms with van der Waals surface area (Å²) in [6.07, 6.45) is 1.59. The van der Waals surface area contributed by atoms with Gasteiger partial charge in [0.05, 0.1) is 22.4 Å². The van der Waals surface area contributed by atoms with Crippen molar-refractivity contribution in [3.8, 4) is 11.5 Å². The third kappa shape index (κ3) is 2.44. The smallest absolute Gasteiger partial charge is 0.161 e. The first kappa shape index (κ1) is 13.2. The molecule has 0 saturated carbocycles. The Bertz CT molecular complexity index is 792. The maximum atomic E-state index is 6.17. The normalized spacial score (nSPS) is 10.7. The van der Waals surface area contributed by atoms with Crippen LogP contribution in [0, 0.1) is 0 Å². The standard InChI is InChI=1S/C15H10BrClN2O/c16-9-5-6-14(11(17)7-9)20-15-10-3-1-2-4-13(10)19-8-12(15)18/h1-8H,18H2. The van der Waals surface area contributed by atoms with E-state index in [9.17, 15) is 0 Å². The van der Waals surface area contributed by atoms with E-state index in [1.165, 1.54) is 0 Å². The first-order valence-electron chi connectivity index (χ1n) is 5.91. The number of hydrogen-bond donors (Lipinski definition) is 1. The van der Waals surface area contributed by atoms with Gasteiger partial charge >= 0.3 is 0 Å². The highest BCUT2D eigenvalue weighted by Gasteiger charge is 2.11. The highest BCUT2D eigenvalue weighted by Crippen LogP contribution is 2.37. The zero-order chi connectivity index (χ0) is 14.1. The van der Waals surface area contributed by atoms with Crippen molar-refractivity contribution in [2.24, 2.45) is 0 Å². The predicted octanol–water partition coefficient (Wildman–Crippen LogP) is 5.03. The predicted molar refractivity (Wildman–Crippen MR) is 85.4 cm³/mol. The summed E-state index contributed by atoms with van der Waals surface area (Å²) < 4.78 is 6.78. The van der Waals surface area contributed by atoms with E-state index in [2.05, 4.69) is 20.9 Å². The molecule has 100 valence electrons. The monoisotopic (exact) mass is 348 g/mol. The number of anilines is 1. The van der Waals surface area contributed by atoms with E-state index in [0.29, 0.717) is 22.2 Å². The molecule has 0 aliphatic rings. The number of benzene rings is 2. The molecule has 0 aliphatic heterocycles. The number of nitrogen functional groups attached to an aromatic ring is 1. The third-order valence-corrected chi connectivity index (χ3v) is 3.65. The third-order valence-electron chi connectivity index (χ3n) is 2.86. The molecule has 1 aromatic heterocycles. The molecule has 0 amide bonds. The van der Waals surface area contributed by atoms with E-state index in [-0.39, 0.29) is 0 Å². The SMILES string of the molecule is Nc1cnc2ccccc2c1Oc1ccc(Br)cc1Cl. The van der Waals surface area contributed by atoms with E-state index in [0.717, 1.165) is 15.4 Å². The average Bonchev–Trinajstić information content (AvgIpc) is 2.44. The van der Waals surface area contributed by atoms with Crippen LogP contribution in [0.4, 0.5) is 5.69 Å². The number of fused-ring (bicyclic) bond motifs is 1. The molecule has 5 heteroatoms. The molecule has 0 spiro atoms. The van der Waals surface area contributed by atoms with E-state index in [1.807, 2.05) is 30.3 Å². The van der Waals surface area contributed by atoms with Crippen LogP contribution in [0.2, 0.25) is 5.02 Å². The molecule has 0 aliphatic carbocycles. The van der Waals surface area contributed by atoms with Crippen LogP contribution in [0.25, 0.3) is 10.9 Å². The van der Waals surface area contributed by atoms with Gasteiger partial charge in [-0.3, -0.25) is 4.98 Å². The molecule has 2 N–H and O–H groups in total. The van der Waals surface area contributed by atoms with Crippen LogP contribution >= 0.6 is 27.5 Å². The van der Waals surface area contributed by atoms with E-state index >= 15 is 0 Å². The largest absolute Gasteiger partial charge is 0.453 e. The van der Waals surface area contributed by atoms with Crippen molar-refractivity contribution in [1.82, 2.24) is 4.98 Å². The van der Waals surface area contributed by atoms with Crippen molar-refractivity contribution < 1.29 is 4.74 Å². The summed E-state index contributed by atoms with van der Waals surface area (Å²) in [5.41, 5.74) is 7.27. The van der Waals surface area contributed by atoms with Gasteiger partial charge in [-0.1, -0.05) is 39.7 Å². The van der Waals surface area contributed by atoms with Gasteiger partial charge in [-0.2, -0.15) is 0 Å². The maximum absolute atomic E-state index is 6.17. The van der Waals surface area contributed by atoms with Gasteiger partial charge in [0.25, 0.3) is 0 Å². The number of para-hydroxylation sites is 1. The van der Waals surface area contributed by atoms with Gasteiger partial charge in [-0.25, -0.2) is 0 Å². The number of pyridine rings is 1. The molecule has 0 atom stereocenters. The van der Waals surface area contributed by atoms with Crippen LogP contribution in [0.15, 0.2) is 53.1 Å². The number of hydrogen-bond acceptors (Lipinski definition) is 3. The van der Waals surface area contributed by atoms with Crippen LogP contribution in [-0.4, -0.2) is 4.98 Å². The zero-order valence-corrected chi connectivity index (χ0v) is 12.6. The Morgan fingerprint density at radius 2 is 1.95 bits per heavy atom. The van der Waals surface area contributed by atoms with Crippen molar-refractivity contribution in [2.75, 3.05) is 5.73 Å². The van der Waals surface area contributed by atoms with Gasteiger partial charge in [-0.05, 0) is 30.3 Å². The number of nitrogens with two attached hydrogens (primary N) is 1. The van der Waals surface area contributed by atoms with Crippen molar-refractivity contribution in [3.05, 3.63) is 58.2 Å².